The van der Waals surface area contributed by atoms with Crippen molar-refractivity contribution >= 4 is 17.5 Å². The Morgan fingerprint density at radius 1 is 1.42 bits per heavy atom. The van der Waals surface area contributed by atoms with Gasteiger partial charge in [-0.1, -0.05) is 11.6 Å². The first-order valence-corrected chi connectivity index (χ1v) is 6.18. The summed E-state index contributed by atoms with van der Waals surface area (Å²) in [6.07, 6.45) is 1.46. The lowest BCUT2D eigenvalue weighted by molar-refractivity contribution is 0.0947. The van der Waals surface area contributed by atoms with E-state index in [1.165, 1.54) is 6.20 Å². The number of aryl methyl sites for hydroxylation is 3. The molecular formula is C13H14ClN3O2. The van der Waals surface area contributed by atoms with Crippen molar-refractivity contribution in [3.05, 3.63) is 45.9 Å². The number of rotatable bonds is 3. The predicted molar refractivity (Wildman–Crippen MR) is 71.1 cm³/mol. The summed E-state index contributed by atoms with van der Waals surface area (Å²) in [5.41, 5.74) is 1.92. The highest BCUT2D eigenvalue weighted by molar-refractivity contribution is 6.33. The van der Waals surface area contributed by atoms with Gasteiger partial charge < -0.3 is 9.73 Å². The van der Waals surface area contributed by atoms with E-state index >= 15 is 0 Å². The minimum atomic E-state index is -0.300. The van der Waals surface area contributed by atoms with Crippen LogP contribution in [0, 0.1) is 20.8 Å². The van der Waals surface area contributed by atoms with E-state index in [-0.39, 0.29) is 12.5 Å². The lowest BCUT2D eigenvalue weighted by Gasteiger charge is -2.05. The summed E-state index contributed by atoms with van der Waals surface area (Å²) < 4.78 is 5.38. The number of nitrogens with zero attached hydrogens (tertiary/aromatic N) is 2. The van der Waals surface area contributed by atoms with Gasteiger partial charge in [0.15, 0.2) is 0 Å². The van der Waals surface area contributed by atoms with Crippen LogP contribution in [0.2, 0.25) is 5.02 Å². The number of amides is 1. The van der Waals surface area contributed by atoms with Crippen LogP contribution >= 0.6 is 11.6 Å². The summed E-state index contributed by atoms with van der Waals surface area (Å²) in [5.74, 6) is 0.921. The van der Waals surface area contributed by atoms with Gasteiger partial charge in [0.25, 0.3) is 5.91 Å². The van der Waals surface area contributed by atoms with Gasteiger partial charge >= 0.3 is 0 Å². The van der Waals surface area contributed by atoms with Crippen LogP contribution in [0.1, 0.15) is 33.4 Å². The Bertz CT molecular complexity index is 603. The van der Waals surface area contributed by atoms with E-state index in [0.717, 1.165) is 17.1 Å². The fourth-order valence-corrected chi connectivity index (χ4v) is 1.85. The third-order valence-electron chi connectivity index (χ3n) is 2.71. The van der Waals surface area contributed by atoms with Crippen LogP contribution in [0.3, 0.4) is 0 Å². The van der Waals surface area contributed by atoms with Gasteiger partial charge in [-0.3, -0.25) is 9.78 Å². The van der Waals surface area contributed by atoms with Crippen molar-refractivity contribution in [1.29, 1.82) is 0 Å². The average Bonchev–Trinajstić information content (AvgIpc) is 2.66. The molecule has 0 bridgehead atoms. The molecule has 2 heterocycles. The van der Waals surface area contributed by atoms with Crippen LogP contribution in [0.4, 0.5) is 0 Å². The van der Waals surface area contributed by atoms with Crippen molar-refractivity contribution in [3.8, 4) is 0 Å². The van der Waals surface area contributed by atoms with Crippen molar-refractivity contribution in [2.45, 2.75) is 27.3 Å². The van der Waals surface area contributed by atoms with Gasteiger partial charge in [0.2, 0.25) is 5.89 Å². The lowest BCUT2D eigenvalue weighted by Crippen LogP contribution is -2.23. The monoisotopic (exact) mass is 279 g/mol. The van der Waals surface area contributed by atoms with Crippen LogP contribution in [-0.4, -0.2) is 15.9 Å². The van der Waals surface area contributed by atoms with Crippen LogP contribution in [-0.2, 0) is 6.54 Å². The first-order chi connectivity index (χ1) is 8.97. The number of aromatic nitrogens is 2. The average molecular weight is 280 g/mol. The fraction of sp³-hybridized carbons (Fsp3) is 0.308. The molecule has 5 nitrogen and oxygen atoms in total. The molecule has 0 aliphatic carbocycles. The van der Waals surface area contributed by atoms with Gasteiger partial charge in [-0.05, 0) is 26.8 Å². The molecule has 100 valence electrons. The molecule has 6 heteroatoms. The minimum Gasteiger partial charge on any atom is -0.444 e. The second kappa shape index (κ2) is 5.40. The van der Waals surface area contributed by atoms with Crippen molar-refractivity contribution < 1.29 is 9.21 Å². The molecule has 0 aliphatic rings. The topological polar surface area (TPSA) is 68.0 Å². The van der Waals surface area contributed by atoms with Crippen LogP contribution < -0.4 is 5.32 Å². The second-order valence-electron chi connectivity index (χ2n) is 4.24. The standard InChI is InChI=1S/C13H14ClN3O2/c1-7-4-11(14)10(5-15-7)13(18)16-6-12-17-8(2)9(3)19-12/h4-5H,6H2,1-3H3,(H,16,18). The van der Waals surface area contributed by atoms with Crippen molar-refractivity contribution in [2.75, 3.05) is 0 Å². The van der Waals surface area contributed by atoms with Crippen LogP contribution in [0.25, 0.3) is 0 Å². The number of halogens is 1. The summed E-state index contributed by atoms with van der Waals surface area (Å²) >= 11 is 6.00. The molecular weight excluding hydrogens is 266 g/mol. The van der Waals surface area contributed by atoms with E-state index in [9.17, 15) is 4.79 Å². The Labute approximate surface area is 116 Å². The Morgan fingerprint density at radius 3 is 2.74 bits per heavy atom. The summed E-state index contributed by atoms with van der Waals surface area (Å²) in [4.78, 5) is 20.2. The molecule has 1 amide bonds. The van der Waals surface area contributed by atoms with Gasteiger partial charge in [0, 0.05) is 11.9 Å². The Hall–Kier alpha value is -1.88. The van der Waals surface area contributed by atoms with E-state index < -0.39 is 0 Å². The summed E-state index contributed by atoms with van der Waals surface area (Å²) in [7, 11) is 0. The summed E-state index contributed by atoms with van der Waals surface area (Å²) in [6, 6.07) is 1.65. The number of hydrogen-bond acceptors (Lipinski definition) is 4. The Morgan fingerprint density at radius 2 is 2.16 bits per heavy atom. The van der Waals surface area contributed by atoms with Crippen molar-refractivity contribution in [2.24, 2.45) is 0 Å². The van der Waals surface area contributed by atoms with Gasteiger partial charge in [0.1, 0.15) is 5.76 Å². The number of hydrogen-bond donors (Lipinski definition) is 1. The number of oxazole rings is 1. The second-order valence-corrected chi connectivity index (χ2v) is 4.64. The first-order valence-electron chi connectivity index (χ1n) is 5.80. The lowest BCUT2D eigenvalue weighted by atomic mass is 10.2. The zero-order chi connectivity index (χ0) is 14.0. The maximum Gasteiger partial charge on any atom is 0.254 e. The van der Waals surface area contributed by atoms with E-state index in [2.05, 4.69) is 15.3 Å². The van der Waals surface area contributed by atoms with Gasteiger partial charge in [-0.2, -0.15) is 0 Å². The van der Waals surface area contributed by atoms with Gasteiger partial charge in [0.05, 0.1) is 22.8 Å². The molecule has 0 saturated heterocycles. The van der Waals surface area contributed by atoms with Crippen molar-refractivity contribution in [3.63, 3.8) is 0 Å². The summed E-state index contributed by atoms with van der Waals surface area (Å²) in [6.45, 7) is 5.71. The normalized spacial score (nSPS) is 10.5. The molecule has 0 fully saturated rings. The molecule has 0 atom stereocenters. The molecule has 2 rings (SSSR count). The fourth-order valence-electron chi connectivity index (χ4n) is 1.56. The minimum absolute atomic E-state index is 0.220. The number of nitrogens with one attached hydrogen (secondary N) is 1. The highest BCUT2D eigenvalue weighted by Crippen LogP contribution is 2.15. The molecule has 0 unspecified atom stereocenters. The highest BCUT2D eigenvalue weighted by atomic mass is 35.5. The zero-order valence-electron chi connectivity index (χ0n) is 11.0. The van der Waals surface area contributed by atoms with E-state index in [4.69, 9.17) is 16.0 Å². The maximum atomic E-state index is 11.9. The predicted octanol–water partition coefficient (Wildman–Crippen LogP) is 2.58. The van der Waals surface area contributed by atoms with Gasteiger partial charge in [-0.25, -0.2) is 4.98 Å². The molecule has 0 radical (unpaired) electrons. The smallest absolute Gasteiger partial charge is 0.254 e. The molecule has 0 spiro atoms. The molecule has 0 aliphatic heterocycles. The first kappa shape index (κ1) is 13.5. The quantitative estimate of drug-likeness (QED) is 0.938. The van der Waals surface area contributed by atoms with E-state index in [1.807, 2.05) is 20.8 Å². The molecule has 1 N–H and O–H groups in total. The zero-order valence-corrected chi connectivity index (χ0v) is 11.7. The van der Waals surface area contributed by atoms with Crippen molar-refractivity contribution in [1.82, 2.24) is 15.3 Å². The maximum absolute atomic E-state index is 11.9. The Balaban J connectivity index is 2.05. The van der Waals surface area contributed by atoms with E-state index in [1.54, 1.807) is 6.07 Å². The number of carbonyl (C=O) groups is 1. The summed E-state index contributed by atoms with van der Waals surface area (Å²) in [5, 5.41) is 3.08. The number of pyridine rings is 1. The number of carbonyl (C=O) groups excluding carboxylic acids is 1. The molecule has 0 aromatic carbocycles. The largest absolute Gasteiger partial charge is 0.444 e. The van der Waals surface area contributed by atoms with E-state index in [0.29, 0.717) is 16.5 Å². The Kier molecular flexibility index (Phi) is 3.85. The molecule has 0 saturated carbocycles. The highest BCUT2D eigenvalue weighted by Gasteiger charge is 2.12. The SMILES string of the molecule is Cc1cc(Cl)c(C(=O)NCc2nc(C)c(C)o2)cn1. The van der Waals surface area contributed by atoms with Crippen LogP contribution in [0.15, 0.2) is 16.7 Å². The van der Waals surface area contributed by atoms with Crippen LogP contribution in [0.5, 0.6) is 0 Å². The third-order valence-corrected chi connectivity index (χ3v) is 3.02. The third kappa shape index (κ3) is 3.12. The molecule has 2 aromatic rings. The molecule has 19 heavy (non-hydrogen) atoms. The van der Waals surface area contributed by atoms with Gasteiger partial charge in [-0.15, -0.1) is 0 Å². The molecule has 2 aromatic heterocycles.